The summed E-state index contributed by atoms with van der Waals surface area (Å²) in [6, 6.07) is 4.47. The van der Waals surface area contributed by atoms with E-state index in [-0.39, 0.29) is 18.2 Å². The highest BCUT2D eigenvalue weighted by Crippen LogP contribution is 2.42. The fourth-order valence-electron chi connectivity index (χ4n) is 4.18. The number of fused-ring (bicyclic) bond motifs is 1. The lowest BCUT2D eigenvalue weighted by Crippen LogP contribution is -2.53. The van der Waals surface area contributed by atoms with Crippen LogP contribution in [0.2, 0.25) is 0 Å². The lowest BCUT2D eigenvalue weighted by atomic mass is 9.92. The molecule has 162 valence electrons. The molecule has 4 rings (SSSR count). The molecule has 7 heteroatoms. The molecule has 1 aromatic carbocycles. The highest BCUT2D eigenvalue weighted by Gasteiger charge is 2.34. The summed E-state index contributed by atoms with van der Waals surface area (Å²) in [6.07, 6.45) is 7.25. The first-order chi connectivity index (χ1) is 14.5. The first-order valence-electron chi connectivity index (χ1n) is 10.9. The molecule has 0 unspecified atom stereocenters. The van der Waals surface area contributed by atoms with Crippen LogP contribution in [0, 0.1) is 0 Å². The maximum Gasteiger partial charge on any atom is 0.414 e. The standard InChI is InChI=1S/C23H32N4O3/c1-4-26-13-18(14-26)30-22-19(16(11-24)12-25-17-6-7-17)9-10-21-20(22)8-5-15(2)27(21)23(28)29-3/h9-12,15,17-18H,4-8,13-14,24H2,1-3H3/t15-/m0/s1. The van der Waals surface area contributed by atoms with E-state index in [1.807, 2.05) is 25.3 Å². The number of likely N-dealkylation sites (N-methyl/N-ethyl adjacent to an activating group) is 1. The third-order valence-corrected chi connectivity index (χ3v) is 6.24. The Labute approximate surface area is 178 Å². The number of ether oxygens (including phenoxy) is 2. The minimum Gasteiger partial charge on any atom is -0.487 e. The second kappa shape index (κ2) is 8.68. The Balaban J connectivity index is 1.73. The van der Waals surface area contributed by atoms with Crippen molar-refractivity contribution in [2.45, 2.75) is 57.7 Å². The maximum atomic E-state index is 12.5. The van der Waals surface area contributed by atoms with Gasteiger partial charge in [0.05, 0.1) is 18.8 Å². The van der Waals surface area contributed by atoms with Crippen LogP contribution in [-0.2, 0) is 11.2 Å². The topological polar surface area (TPSA) is 80.4 Å². The van der Waals surface area contributed by atoms with Crippen LogP contribution >= 0.6 is 0 Å². The van der Waals surface area contributed by atoms with Gasteiger partial charge in [0.2, 0.25) is 0 Å². The summed E-state index contributed by atoms with van der Waals surface area (Å²) in [5.41, 5.74) is 9.70. The number of carbonyl (C=O) groups is 1. The molecular weight excluding hydrogens is 380 g/mol. The van der Waals surface area contributed by atoms with E-state index in [4.69, 9.17) is 15.2 Å². The normalized spacial score (nSPS) is 22.7. The first kappa shape index (κ1) is 20.7. The van der Waals surface area contributed by atoms with Crippen molar-refractivity contribution in [3.63, 3.8) is 0 Å². The van der Waals surface area contributed by atoms with Crippen LogP contribution in [0.5, 0.6) is 5.75 Å². The minimum atomic E-state index is -0.340. The number of aliphatic imine (C=N–C) groups is 1. The van der Waals surface area contributed by atoms with E-state index in [1.165, 1.54) is 7.11 Å². The van der Waals surface area contributed by atoms with Crippen molar-refractivity contribution in [1.82, 2.24) is 4.90 Å². The molecule has 2 N–H and O–H groups in total. The molecule has 3 aliphatic rings. The zero-order valence-corrected chi connectivity index (χ0v) is 18.1. The number of anilines is 1. The van der Waals surface area contributed by atoms with E-state index < -0.39 is 0 Å². The molecule has 0 spiro atoms. The van der Waals surface area contributed by atoms with Crippen molar-refractivity contribution in [1.29, 1.82) is 0 Å². The Morgan fingerprint density at radius 1 is 1.30 bits per heavy atom. The number of methoxy groups -OCH3 is 1. The number of nitrogens with zero attached hydrogens (tertiary/aromatic N) is 3. The second-order valence-electron chi connectivity index (χ2n) is 8.39. The lowest BCUT2D eigenvalue weighted by Gasteiger charge is -2.40. The van der Waals surface area contributed by atoms with Gasteiger partial charge >= 0.3 is 6.09 Å². The predicted octanol–water partition coefficient (Wildman–Crippen LogP) is 3.21. The lowest BCUT2D eigenvalue weighted by molar-refractivity contribution is 0.0230. The van der Waals surface area contributed by atoms with Crippen LogP contribution in [0.25, 0.3) is 5.57 Å². The summed E-state index contributed by atoms with van der Waals surface area (Å²) in [4.78, 5) is 21.2. The van der Waals surface area contributed by atoms with Gasteiger partial charge in [0.15, 0.2) is 0 Å². The summed E-state index contributed by atoms with van der Waals surface area (Å²) in [5.74, 6) is 0.827. The van der Waals surface area contributed by atoms with Crippen LogP contribution in [0.4, 0.5) is 10.5 Å². The summed E-state index contributed by atoms with van der Waals surface area (Å²) >= 11 is 0. The van der Waals surface area contributed by atoms with Gasteiger partial charge in [0.25, 0.3) is 0 Å². The molecule has 1 aliphatic carbocycles. The van der Waals surface area contributed by atoms with E-state index in [0.717, 1.165) is 73.5 Å². The van der Waals surface area contributed by atoms with Gasteiger partial charge < -0.3 is 15.2 Å². The van der Waals surface area contributed by atoms with Gasteiger partial charge in [-0.15, -0.1) is 0 Å². The fraction of sp³-hybridized carbons (Fsp3) is 0.565. The number of amides is 1. The first-order valence-corrected chi connectivity index (χ1v) is 10.9. The number of hydrogen-bond donors (Lipinski definition) is 1. The average Bonchev–Trinajstić information content (AvgIpc) is 3.55. The molecule has 0 radical (unpaired) electrons. The van der Waals surface area contributed by atoms with E-state index in [0.29, 0.717) is 6.04 Å². The third-order valence-electron chi connectivity index (χ3n) is 6.24. The van der Waals surface area contributed by atoms with Gasteiger partial charge in [-0.2, -0.15) is 0 Å². The van der Waals surface area contributed by atoms with E-state index in [2.05, 4.69) is 16.8 Å². The molecule has 7 nitrogen and oxygen atoms in total. The summed E-state index contributed by atoms with van der Waals surface area (Å²) < 4.78 is 11.6. The summed E-state index contributed by atoms with van der Waals surface area (Å²) in [7, 11) is 1.42. The zero-order valence-electron chi connectivity index (χ0n) is 18.1. The monoisotopic (exact) mass is 412 g/mol. The quantitative estimate of drug-likeness (QED) is 0.726. The molecule has 1 aromatic rings. The fourth-order valence-corrected chi connectivity index (χ4v) is 4.18. The molecule has 0 bridgehead atoms. The van der Waals surface area contributed by atoms with E-state index in [9.17, 15) is 4.79 Å². The number of likely N-dealkylation sites (tertiary alicyclic amines) is 1. The highest BCUT2D eigenvalue weighted by atomic mass is 16.5. The second-order valence-corrected chi connectivity index (χ2v) is 8.39. The smallest absolute Gasteiger partial charge is 0.414 e. The molecule has 1 saturated carbocycles. The van der Waals surface area contributed by atoms with Gasteiger partial charge in [0, 0.05) is 48.2 Å². The molecule has 1 atom stereocenters. The van der Waals surface area contributed by atoms with Gasteiger partial charge in [-0.05, 0) is 51.3 Å². The van der Waals surface area contributed by atoms with Crippen molar-refractivity contribution in [3.05, 3.63) is 29.5 Å². The van der Waals surface area contributed by atoms with Gasteiger partial charge in [-0.25, -0.2) is 4.79 Å². The van der Waals surface area contributed by atoms with Gasteiger partial charge in [-0.1, -0.05) is 6.92 Å². The van der Waals surface area contributed by atoms with Crippen molar-refractivity contribution >= 4 is 23.6 Å². The van der Waals surface area contributed by atoms with E-state index >= 15 is 0 Å². The van der Waals surface area contributed by atoms with Crippen LogP contribution in [0.15, 0.2) is 23.3 Å². The largest absolute Gasteiger partial charge is 0.487 e. The Bertz CT molecular complexity index is 856. The molecule has 1 saturated heterocycles. The van der Waals surface area contributed by atoms with Crippen molar-refractivity contribution in [2.75, 3.05) is 31.6 Å². The Morgan fingerprint density at radius 3 is 2.70 bits per heavy atom. The molecule has 2 aliphatic heterocycles. The van der Waals surface area contributed by atoms with Crippen LogP contribution in [0.3, 0.4) is 0 Å². The Hall–Kier alpha value is -2.54. The predicted molar refractivity (Wildman–Crippen MR) is 119 cm³/mol. The van der Waals surface area contributed by atoms with Crippen molar-refractivity contribution in [3.8, 4) is 5.75 Å². The van der Waals surface area contributed by atoms with Crippen LogP contribution in [0.1, 0.15) is 44.2 Å². The third kappa shape index (κ3) is 4.03. The Kier molecular flexibility index (Phi) is 5.99. The molecule has 2 fully saturated rings. The molecule has 30 heavy (non-hydrogen) atoms. The van der Waals surface area contributed by atoms with Crippen molar-refractivity contribution < 1.29 is 14.3 Å². The van der Waals surface area contributed by atoms with E-state index in [1.54, 1.807) is 11.1 Å². The van der Waals surface area contributed by atoms with Gasteiger partial charge in [-0.3, -0.25) is 14.8 Å². The molecule has 0 aromatic heterocycles. The molecule has 1 amide bonds. The number of hydrogen-bond acceptors (Lipinski definition) is 6. The van der Waals surface area contributed by atoms with Crippen molar-refractivity contribution in [2.24, 2.45) is 10.7 Å². The summed E-state index contributed by atoms with van der Waals surface area (Å²) in [5, 5.41) is 0. The maximum absolute atomic E-state index is 12.5. The van der Waals surface area contributed by atoms with Gasteiger partial charge in [0.1, 0.15) is 11.9 Å². The SMILES string of the molecule is CCN1CC(Oc2c(C(C=NC3CC3)=CN)ccc3c2CC[C@H](C)N3C(=O)OC)C1. The number of carbonyl (C=O) groups excluding carboxylic acids is 1. The minimum absolute atomic E-state index is 0.0730. The average molecular weight is 413 g/mol. The number of nitrogens with two attached hydrogens (primary N) is 1. The highest BCUT2D eigenvalue weighted by molar-refractivity contribution is 6.11. The zero-order chi connectivity index (χ0) is 21.3. The summed E-state index contributed by atoms with van der Waals surface area (Å²) in [6.45, 7) is 7.05. The number of benzene rings is 1. The number of rotatable bonds is 6. The van der Waals surface area contributed by atoms with Crippen LogP contribution in [-0.4, -0.2) is 62.1 Å². The molecular formula is C23H32N4O3. The van der Waals surface area contributed by atoms with Crippen LogP contribution < -0.4 is 15.4 Å². The Morgan fingerprint density at radius 2 is 2.07 bits per heavy atom. The molecule has 2 heterocycles. The number of allylic oxidation sites excluding steroid dienone is 1.